The Kier molecular flexibility index (Phi) is 6.53. The summed E-state index contributed by atoms with van der Waals surface area (Å²) in [4.78, 5) is 26.9. The smallest absolute Gasteiger partial charge is 0.348 e. The van der Waals surface area contributed by atoms with Gasteiger partial charge in [-0.2, -0.15) is 0 Å². The van der Waals surface area contributed by atoms with Crippen LogP contribution < -0.4 is 14.8 Å². The first-order valence-corrected chi connectivity index (χ1v) is 10.00. The molecular formula is C20H24N2O5S. The Labute approximate surface area is 168 Å². The van der Waals surface area contributed by atoms with Crippen LogP contribution in [0.5, 0.6) is 11.5 Å². The molecule has 8 heteroatoms. The highest BCUT2D eigenvalue weighted by Crippen LogP contribution is 2.33. The van der Waals surface area contributed by atoms with Crippen molar-refractivity contribution < 1.29 is 23.8 Å². The summed E-state index contributed by atoms with van der Waals surface area (Å²) in [6.45, 7) is 7.76. The Hall–Kier alpha value is -2.58. The average Bonchev–Trinajstić information content (AvgIpc) is 3.27. The SMILES string of the molecule is CCOC(=O)c1sc(NC(=O)CN(CC)Cc2ccc3c(c2)OCO3)cc1C. The van der Waals surface area contributed by atoms with Gasteiger partial charge in [-0.1, -0.05) is 13.0 Å². The Morgan fingerprint density at radius 1 is 1.21 bits per heavy atom. The van der Waals surface area contributed by atoms with Gasteiger partial charge in [0.15, 0.2) is 11.5 Å². The van der Waals surface area contributed by atoms with E-state index in [4.69, 9.17) is 14.2 Å². The van der Waals surface area contributed by atoms with Crippen LogP contribution in [-0.4, -0.2) is 43.3 Å². The average molecular weight is 404 g/mol. The zero-order chi connectivity index (χ0) is 20.1. The van der Waals surface area contributed by atoms with Crippen LogP contribution in [0.25, 0.3) is 0 Å². The van der Waals surface area contributed by atoms with E-state index in [1.54, 1.807) is 13.0 Å². The van der Waals surface area contributed by atoms with E-state index in [1.165, 1.54) is 11.3 Å². The third kappa shape index (κ3) is 4.82. The van der Waals surface area contributed by atoms with E-state index in [-0.39, 0.29) is 25.2 Å². The second kappa shape index (κ2) is 9.07. The minimum Gasteiger partial charge on any atom is -0.462 e. The molecule has 1 N–H and O–H groups in total. The van der Waals surface area contributed by atoms with Crippen LogP contribution >= 0.6 is 11.3 Å². The lowest BCUT2D eigenvalue weighted by molar-refractivity contribution is -0.117. The quantitative estimate of drug-likeness (QED) is 0.680. The van der Waals surface area contributed by atoms with Gasteiger partial charge in [0.2, 0.25) is 12.7 Å². The summed E-state index contributed by atoms with van der Waals surface area (Å²) >= 11 is 1.23. The van der Waals surface area contributed by atoms with Crippen molar-refractivity contribution in [3.05, 3.63) is 40.3 Å². The normalized spacial score (nSPS) is 12.3. The van der Waals surface area contributed by atoms with Crippen LogP contribution in [0, 0.1) is 6.92 Å². The number of ether oxygens (including phenoxy) is 3. The number of nitrogens with one attached hydrogen (secondary N) is 1. The van der Waals surface area contributed by atoms with Gasteiger partial charge in [-0.25, -0.2) is 4.79 Å². The molecule has 7 nitrogen and oxygen atoms in total. The van der Waals surface area contributed by atoms with Crippen LogP contribution in [-0.2, 0) is 16.1 Å². The lowest BCUT2D eigenvalue weighted by Crippen LogP contribution is -2.32. The molecule has 0 radical (unpaired) electrons. The molecule has 0 unspecified atom stereocenters. The number of amides is 1. The van der Waals surface area contributed by atoms with Crippen molar-refractivity contribution in [3.63, 3.8) is 0 Å². The highest BCUT2D eigenvalue weighted by atomic mass is 32.1. The first-order chi connectivity index (χ1) is 13.5. The number of thiophene rings is 1. The molecule has 0 spiro atoms. The van der Waals surface area contributed by atoms with Gasteiger partial charge in [0, 0.05) is 6.54 Å². The summed E-state index contributed by atoms with van der Waals surface area (Å²) in [6.07, 6.45) is 0. The standard InChI is InChI=1S/C20H24N2O5S/c1-4-22(10-14-6-7-15-16(9-14)27-12-26-15)11-17(23)21-18-8-13(3)19(28-18)20(24)25-5-2/h6-9H,4-5,10-12H2,1-3H3,(H,21,23). The molecule has 0 bridgehead atoms. The molecule has 2 aromatic rings. The number of anilines is 1. The van der Waals surface area contributed by atoms with E-state index in [0.29, 0.717) is 23.0 Å². The number of benzene rings is 1. The van der Waals surface area contributed by atoms with Gasteiger partial charge in [0.25, 0.3) is 0 Å². The molecule has 0 aliphatic carbocycles. The van der Waals surface area contributed by atoms with Crippen LogP contribution in [0.3, 0.4) is 0 Å². The van der Waals surface area contributed by atoms with Crippen molar-refractivity contribution in [1.82, 2.24) is 4.90 Å². The second-order valence-electron chi connectivity index (χ2n) is 6.38. The zero-order valence-electron chi connectivity index (χ0n) is 16.2. The summed E-state index contributed by atoms with van der Waals surface area (Å²) in [5.74, 6) is 0.997. The summed E-state index contributed by atoms with van der Waals surface area (Å²) in [7, 11) is 0. The van der Waals surface area contributed by atoms with Gasteiger partial charge in [-0.3, -0.25) is 9.69 Å². The highest BCUT2D eigenvalue weighted by molar-refractivity contribution is 7.18. The van der Waals surface area contributed by atoms with E-state index >= 15 is 0 Å². The number of nitrogens with zero attached hydrogens (tertiary/aromatic N) is 1. The maximum atomic E-state index is 12.5. The third-order valence-electron chi connectivity index (χ3n) is 4.30. The molecule has 0 saturated heterocycles. The molecule has 1 aliphatic rings. The predicted octanol–water partition coefficient (Wildman–Crippen LogP) is 3.42. The van der Waals surface area contributed by atoms with Crippen LogP contribution in [0.2, 0.25) is 0 Å². The molecule has 3 rings (SSSR count). The number of esters is 1. The minimum atomic E-state index is -0.358. The number of likely N-dealkylation sites (N-methyl/N-ethyl adjacent to an activating group) is 1. The maximum Gasteiger partial charge on any atom is 0.348 e. The number of fused-ring (bicyclic) bond motifs is 1. The van der Waals surface area contributed by atoms with Crippen molar-refractivity contribution in [3.8, 4) is 11.5 Å². The van der Waals surface area contributed by atoms with Crippen molar-refractivity contribution in [2.75, 3.05) is 31.8 Å². The highest BCUT2D eigenvalue weighted by Gasteiger charge is 2.18. The molecule has 0 atom stereocenters. The number of rotatable bonds is 8. The van der Waals surface area contributed by atoms with Gasteiger partial charge in [0.1, 0.15) is 4.88 Å². The maximum absolute atomic E-state index is 12.5. The van der Waals surface area contributed by atoms with Crippen LogP contribution in [0.15, 0.2) is 24.3 Å². The lowest BCUT2D eigenvalue weighted by atomic mass is 10.2. The first-order valence-electron chi connectivity index (χ1n) is 9.18. The van der Waals surface area contributed by atoms with Gasteiger partial charge >= 0.3 is 5.97 Å². The Morgan fingerprint density at radius 3 is 2.75 bits per heavy atom. The number of aryl methyl sites for hydroxylation is 1. The topological polar surface area (TPSA) is 77.1 Å². The molecule has 1 aliphatic heterocycles. The van der Waals surface area contributed by atoms with Gasteiger partial charge < -0.3 is 19.5 Å². The van der Waals surface area contributed by atoms with Gasteiger partial charge in [-0.15, -0.1) is 11.3 Å². The fourth-order valence-corrected chi connectivity index (χ4v) is 3.88. The van der Waals surface area contributed by atoms with Crippen molar-refractivity contribution in [2.45, 2.75) is 27.3 Å². The summed E-state index contributed by atoms with van der Waals surface area (Å²) in [5, 5.41) is 3.52. The fourth-order valence-electron chi connectivity index (χ4n) is 2.90. The number of carbonyl (C=O) groups is 2. The minimum absolute atomic E-state index is 0.126. The van der Waals surface area contributed by atoms with Gasteiger partial charge in [-0.05, 0) is 49.7 Å². The van der Waals surface area contributed by atoms with Crippen molar-refractivity contribution >= 4 is 28.2 Å². The van der Waals surface area contributed by atoms with Crippen LogP contribution in [0.4, 0.5) is 5.00 Å². The fraction of sp³-hybridized carbons (Fsp3) is 0.400. The third-order valence-corrected chi connectivity index (χ3v) is 5.43. The molecular weight excluding hydrogens is 380 g/mol. The molecule has 0 saturated carbocycles. The first kappa shape index (κ1) is 20.2. The number of hydrogen-bond acceptors (Lipinski definition) is 7. The molecule has 150 valence electrons. The number of carbonyl (C=O) groups excluding carboxylic acids is 2. The van der Waals surface area contributed by atoms with Crippen LogP contribution in [0.1, 0.15) is 34.6 Å². The summed E-state index contributed by atoms with van der Waals surface area (Å²) in [6, 6.07) is 7.60. The van der Waals surface area contributed by atoms with Crippen molar-refractivity contribution in [2.24, 2.45) is 0 Å². The molecule has 2 heterocycles. The van der Waals surface area contributed by atoms with Crippen molar-refractivity contribution in [1.29, 1.82) is 0 Å². The zero-order valence-corrected chi connectivity index (χ0v) is 17.1. The van der Waals surface area contributed by atoms with E-state index < -0.39 is 0 Å². The Bertz CT molecular complexity index is 864. The second-order valence-corrected chi connectivity index (χ2v) is 7.43. The van der Waals surface area contributed by atoms with E-state index in [2.05, 4.69) is 5.32 Å². The molecule has 28 heavy (non-hydrogen) atoms. The molecule has 1 amide bonds. The summed E-state index contributed by atoms with van der Waals surface area (Å²) in [5.41, 5.74) is 1.85. The van der Waals surface area contributed by atoms with E-state index in [9.17, 15) is 9.59 Å². The monoisotopic (exact) mass is 404 g/mol. The molecule has 1 aromatic carbocycles. The Morgan fingerprint density at radius 2 is 2.00 bits per heavy atom. The van der Waals surface area contributed by atoms with E-state index in [1.807, 2.05) is 36.9 Å². The lowest BCUT2D eigenvalue weighted by Gasteiger charge is -2.19. The largest absolute Gasteiger partial charge is 0.462 e. The number of hydrogen-bond donors (Lipinski definition) is 1. The van der Waals surface area contributed by atoms with E-state index in [0.717, 1.165) is 29.2 Å². The predicted molar refractivity (Wildman–Crippen MR) is 107 cm³/mol. The van der Waals surface area contributed by atoms with Gasteiger partial charge in [0.05, 0.1) is 18.2 Å². The summed E-state index contributed by atoms with van der Waals surface area (Å²) < 4.78 is 15.8. The molecule has 1 aromatic heterocycles. The molecule has 0 fully saturated rings. The Balaban J connectivity index is 1.58.